The van der Waals surface area contributed by atoms with Crippen LogP contribution in [0, 0.1) is 13.8 Å². The lowest BCUT2D eigenvalue weighted by molar-refractivity contribution is -0.153. The normalized spacial score (nSPS) is 20.5. The van der Waals surface area contributed by atoms with E-state index in [1.54, 1.807) is 6.33 Å². The van der Waals surface area contributed by atoms with E-state index in [2.05, 4.69) is 4.98 Å². The summed E-state index contributed by atoms with van der Waals surface area (Å²) in [6, 6.07) is 0. The van der Waals surface area contributed by atoms with Crippen LogP contribution in [0.1, 0.15) is 55.4 Å². The molecular weight excluding hydrogens is 402 g/mol. The van der Waals surface area contributed by atoms with Crippen molar-refractivity contribution >= 4 is 27.5 Å². The topological polar surface area (TPSA) is 84.7 Å². The highest BCUT2D eigenvalue weighted by atomic mass is 32.1. The van der Waals surface area contributed by atoms with Crippen LogP contribution in [0.2, 0.25) is 0 Å². The van der Waals surface area contributed by atoms with E-state index in [0.29, 0.717) is 31.3 Å². The number of esters is 1. The van der Waals surface area contributed by atoms with Crippen molar-refractivity contribution in [3.8, 4) is 0 Å². The molecule has 0 spiro atoms. The van der Waals surface area contributed by atoms with Gasteiger partial charge in [0.2, 0.25) is 0 Å². The van der Waals surface area contributed by atoms with Crippen molar-refractivity contribution in [1.82, 2.24) is 14.5 Å². The van der Waals surface area contributed by atoms with Crippen LogP contribution < -0.4 is 5.56 Å². The molecule has 2 aliphatic rings. The fourth-order valence-corrected chi connectivity index (χ4v) is 5.56. The number of aromatic nitrogens is 2. The maximum atomic E-state index is 12.9. The molecule has 164 valence electrons. The summed E-state index contributed by atoms with van der Waals surface area (Å²) in [7, 11) is 0. The number of carbonyl (C=O) groups is 1. The monoisotopic (exact) mass is 433 g/mol. The Morgan fingerprint density at radius 2 is 1.97 bits per heavy atom. The largest absolute Gasteiger partial charge is 0.461 e. The zero-order valence-corrected chi connectivity index (χ0v) is 18.7. The molecule has 0 atom stereocenters. The number of aryl methyl sites for hydroxylation is 2. The second-order valence-corrected chi connectivity index (χ2v) is 10.1. The van der Waals surface area contributed by atoms with Crippen LogP contribution in [0.3, 0.4) is 0 Å². The fourth-order valence-electron chi connectivity index (χ4n) is 4.57. The second-order valence-electron chi connectivity index (χ2n) is 8.89. The van der Waals surface area contributed by atoms with E-state index >= 15 is 0 Å². The second kappa shape index (κ2) is 8.77. The van der Waals surface area contributed by atoms with Crippen LogP contribution in [-0.4, -0.2) is 56.9 Å². The number of nitrogens with zero attached hydrogens (tertiary/aromatic N) is 3. The number of rotatable bonds is 5. The summed E-state index contributed by atoms with van der Waals surface area (Å²) in [4.78, 5) is 33.5. The number of likely N-dealkylation sites (tertiary alicyclic amines) is 1. The predicted molar refractivity (Wildman–Crippen MR) is 117 cm³/mol. The lowest BCUT2D eigenvalue weighted by Crippen LogP contribution is -2.49. The van der Waals surface area contributed by atoms with Gasteiger partial charge in [-0.2, -0.15) is 0 Å². The summed E-state index contributed by atoms with van der Waals surface area (Å²) >= 11 is 1.53. The van der Waals surface area contributed by atoms with Gasteiger partial charge in [0.25, 0.3) is 5.56 Å². The van der Waals surface area contributed by atoms with Crippen molar-refractivity contribution in [2.75, 3.05) is 19.6 Å². The van der Waals surface area contributed by atoms with E-state index < -0.39 is 5.60 Å². The smallest absolute Gasteiger partial charge is 0.320 e. The predicted octanol–water partition coefficient (Wildman–Crippen LogP) is 2.78. The van der Waals surface area contributed by atoms with Crippen molar-refractivity contribution in [1.29, 1.82) is 0 Å². The molecule has 0 amide bonds. The fraction of sp³-hybridized carbons (Fsp3) is 0.682. The molecule has 30 heavy (non-hydrogen) atoms. The highest BCUT2D eigenvalue weighted by Crippen LogP contribution is 2.27. The summed E-state index contributed by atoms with van der Waals surface area (Å²) in [5, 5.41) is 11.7. The average molecular weight is 434 g/mol. The Hall–Kier alpha value is -1.77. The van der Waals surface area contributed by atoms with Crippen molar-refractivity contribution in [2.24, 2.45) is 0 Å². The first-order valence-electron chi connectivity index (χ1n) is 10.9. The Labute approximate surface area is 180 Å². The number of piperidine rings is 1. The molecule has 2 aromatic rings. The van der Waals surface area contributed by atoms with Gasteiger partial charge in [0.05, 0.1) is 30.4 Å². The molecule has 4 rings (SSSR count). The molecule has 2 fully saturated rings. The Morgan fingerprint density at radius 3 is 2.67 bits per heavy atom. The van der Waals surface area contributed by atoms with Crippen LogP contribution in [0.25, 0.3) is 10.2 Å². The van der Waals surface area contributed by atoms with E-state index in [1.807, 2.05) is 18.7 Å². The van der Waals surface area contributed by atoms with Gasteiger partial charge in [-0.15, -0.1) is 11.3 Å². The zero-order chi connectivity index (χ0) is 21.3. The van der Waals surface area contributed by atoms with E-state index in [0.717, 1.165) is 41.0 Å². The van der Waals surface area contributed by atoms with Gasteiger partial charge in [0, 0.05) is 18.0 Å². The van der Waals surface area contributed by atoms with Gasteiger partial charge in [-0.1, -0.05) is 6.42 Å². The molecule has 7 nitrogen and oxygen atoms in total. The molecule has 1 saturated heterocycles. The molecule has 1 saturated carbocycles. The first kappa shape index (κ1) is 21.5. The van der Waals surface area contributed by atoms with Crippen molar-refractivity contribution < 1.29 is 14.6 Å². The van der Waals surface area contributed by atoms with Crippen LogP contribution in [0.15, 0.2) is 11.1 Å². The molecule has 8 heteroatoms. The highest BCUT2D eigenvalue weighted by Gasteiger charge is 2.34. The molecular formula is C22H31N3O4S. The molecule has 0 unspecified atom stereocenters. The Bertz CT molecular complexity index is 969. The van der Waals surface area contributed by atoms with Crippen LogP contribution in [-0.2, 0) is 16.1 Å². The van der Waals surface area contributed by atoms with Gasteiger partial charge in [0.15, 0.2) is 0 Å². The van der Waals surface area contributed by atoms with Gasteiger partial charge >= 0.3 is 5.97 Å². The number of carbonyl (C=O) groups excluding carboxylic acids is 1. The Kier molecular flexibility index (Phi) is 6.27. The summed E-state index contributed by atoms with van der Waals surface area (Å²) < 4.78 is 7.15. The first-order chi connectivity index (χ1) is 14.3. The van der Waals surface area contributed by atoms with Gasteiger partial charge in [-0.25, -0.2) is 4.98 Å². The maximum Gasteiger partial charge on any atom is 0.320 e. The summed E-state index contributed by atoms with van der Waals surface area (Å²) in [5.74, 6) is -0.165. The van der Waals surface area contributed by atoms with E-state index in [-0.39, 0.29) is 30.7 Å². The third-order valence-electron chi connectivity index (χ3n) is 6.61. The summed E-state index contributed by atoms with van der Waals surface area (Å²) in [5.41, 5.74) is -0.0871. The van der Waals surface area contributed by atoms with Gasteiger partial charge in [-0.3, -0.25) is 19.1 Å². The van der Waals surface area contributed by atoms with Gasteiger partial charge in [-0.05, 0) is 57.9 Å². The number of ether oxygens (including phenoxy) is 1. The third kappa shape index (κ3) is 4.60. The molecule has 1 aliphatic carbocycles. The van der Waals surface area contributed by atoms with Crippen LogP contribution >= 0.6 is 11.3 Å². The lowest BCUT2D eigenvalue weighted by Gasteiger charge is -2.38. The summed E-state index contributed by atoms with van der Waals surface area (Å²) in [6.07, 6.45) is 8.10. The van der Waals surface area contributed by atoms with E-state index in [9.17, 15) is 14.7 Å². The number of fused-ring (bicyclic) bond motifs is 1. The average Bonchev–Trinajstić information content (AvgIpc) is 3.01. The number of thiophene rings is 1. The Balaban J connectivity index is 1.34. The highest BCUT2D eigenvalue weighted by molar-refractivity contribution is 7.18. The molecule has 2 aromatic heterocycles. The minimum atomic E-state index is -0.970. The molecule has 1 aliphatic heterocycles. The standard InChI is InChI=1S/C22H31N3O4S/c1-15-16(2)30-20-19(15)21(27)25(14-23-20)13-22(28)8-10-24(11-9-22)12-18(26)29-17-6-4-3-5-7-17/h14,17,28H,3-13H2,1-2H3. The maximum absolute atomic E-state index is 12.9. The zero-order valence-electron chi connectivity index (χ0n) is 17.9. The lowest BCUT2D eigenvalue weighted by atomic mass is 9.91. The summed E-state index contributed by atoms with van der Waals surface area (Å²) in [6.45, 7) is 5.65. The number of hydrogen-bond donors (Lipinski definition) is 1. The molecule has 1 N–H and O–H groups in total. The van der Waals surface area contributed by atoms with Crippen LogP contribution in [0.4, 0.5) is 0 Å². The Morgan fingerprint density at radius 1 is 1.27 bits per heavy atom. The van der Waals surface area contributed by atoms with E-state index in [4.69, 9.17) is 4.74 Å². The number of aliphatic hydroxyl groups is 1. The van der Waals surface area contributed by atoms with Gasteiger partial charge in [0.1, 0.15) is 10.9 Å². The minimum absolute atomic E-state index is 0.0754. The third-order valence-corrected chi connectivity index (χ3v) is 7.73. The van der Waals surface area contributed by atoms with Crippen molar-refractivity contribution in [3.05, 3.63) is 27.1 Å². The van der Waals surface area contributed by atoms with Gasteiger partial charge < -0.3 is 9.84 Å². The molecule has 0 bridgehead atoms. The molecule has 0 radical (unpaired) electrons. The van der Waals surface area contributed by atoms with Crippen LogP contribution in [0.5, 0.6) is 0 Å². The quantitative estimate of drug-likeness (QED) is 0.730. The van der Waals surface area contributed by atoms with E-state index in [1.165, 1.54) is 22.3 Å². The molecule has 0 aromatic carbocycles. The SMILES string of the molecule is Cc1sc2ncn(CC3(O)CCN(CC(=O)OC4CCCCC4)CC3)c(=O)c2c1C. The number of hydrogen-bond acceptors (Lipinski definition) is 7. The van der Waals surface area contributed by atoms with Crippen molar-refractivity contribution in [2.45, 2.75) is 77.0 Å². The minimum Gasteiger partial charge on any atom is -0.461 e. The first-order valence-corrected chi connectivity index (χ1v) is 11.8. The molecule has 3 heterocycles. The van der Waals surface area contributed by atoms with Crippen molar-refractivity contribution in [3.63, 3.8) is 0 Å².